The highest BCUT2D eigenvalue weighted by atomic mass is 35.5. The number of carboxylic acids is 1. The summed E-state index contributed by atoms with van der Waals surface area (Å²) < 4.78 is 6.06. The molecule has 0 aliphatic rings. The molecule has 0 radical (unpaired) electrons. The molecule has 0 unspecified atom stereocenters. The second-order valence-corrected chi connectivity index (χ2v) is 9.40. The zero-order valence-corrected chi connectivity index (χ0v) is 21.7. The number of carboxylic acid groups (broad SMARTS) is 1. The maximum atomic E-state index is 12.2. The molecular weight excluding hydrogens is 501 g/mol. The van der Waals surface area contributed by atoms with Gasteiger partial charge in [0.05, 0.1) is 18.4 Å². The third-order valence-corrected chi connectivity index (χ3v) is 6.47. The average Bonchev–Trinajstić information content (AvgIpc) is 2.86. The van der Waals surface area contributed by atoms with E-state index in [-0.39, 0.29) is 42.7 Å². The molecule has 0 saturated carbocycles. The minimum atomic E-state index is -0.923. The summed E-state index contributed by atoms with van der Waals surface area (Å²) in [6, 6.07) is 13.1. The molecule has 0 aliphatic heterocycles. The van der Waals surface area contributed by atoms with Crippen LogP contribution in [0.25, 0.3) is 11.1 Å². The molecule has 3 rings (SSSR count). The Morgan fingerprint density at radius 3 is 2.42 bits per heavy atom. The zero-order valence-electron chi connectivity index (χ0n) is 20.2. The van der Waals surface area contributed by atoms with Crippen molar-refractivity contribution in [1.29, 1.82) is 0 Å². The van der Waals surface area contributed by atoms with Gasteiger partial charge in [-0.25, -0.2) is 9.97 Å². The summed E-state index contributed by atoms with van der Waals surface area (Å²) in [4.78, 5) is 31.3. The number of aliphatic carboxylic acids is 1. The van der Waals surface area contributed by atoms with E-state index in [0.29, 0.717) is 22.5 Å². The Hall–Kier alpha value is -3.16. The van der Waals surface area contributed by atoms with E-state index in [1.165, 1.54) is 12.4 Å². The molecular formula is C27H29Cl2N3O4. The molecule has 36 heavy (non-hydrogen) atoms. The summed E-state index contributed by atoms with van der Waals surface area (Å²) in [6.07, 6.45) is 4.22. The van der Waals surface area contributed by atoms with Gasteiger partial charge < -0.3 is 15.2 Å². The van der Waals surface area contributed by atoms with Crippen molar-refractivity contribution in [3.8, 4) is 16.9 Å². The number of carbonyl (C=O) groups excluding carboxylic acids is 1. The Morgan fingerprint density at radius 1 is 1.06 bits per heavy atom. The maximum absolute atomic E-state index is 12.2. The van der Waals surface area contributed by atoms with Crippen molar-refractivity contribution in [2.24, 2.45) is 5.92 Å². The summed E-state index contributed by atoms with van der Waals surface area (Å²) in [6.45, 7) is 4.64. The van der Waals surface area contributed by atoms with E-state index in [2.05, 4.69) is 29.1 Å². The predicted octanol–water partition coefficient (Wildman–Crippen LogP) is 6.79. The largest absolute Gasteiger partial charge is 0.491 e. The number of aromatic nitrogens is 2. The van der Waals surface area contributed by atoms with Crippen LogP contribution >= 0.6 is 23.2 Å². The maximum Gasteiger partial charge on any atom is 0.303 e. The van der Waals surface area contributed by atoms with Crippen LogP contribution in [-0.2, 0) is 4.79 Å². The van der Waals surface area contributed by atoms with Gasteiger partial charge in [0.1, 0.15) is 23.9 Å². The first-order chi connectivity index (χ1) is 17.3. The van der Waals surface area contributed by atoms with E-state index in [1.54, 1.807) is 12.1 Å². The molecule has 2 N–H and O–H groups in total. The third-order valence-electron chi connectivity index (χ3n) is 5.92. The number of halogens is 2. The van der Waals surface area contributed by atoms with E-state index in [9.17, 15) is 9.59 Å². The number of ether oxygens (including phenoxy) is 1. The molecule has 7 nitrogen and oxygen atoms in total. The second kappa shape index (κ2) is 13.2. The van der Waals surface area contributed by atoms with Gasteiger partial charge in [0, 0.05) is 28.5 Å². The molecule has 1 heterocycles. The van der Waals surface area contributed by atoms with Crippen molar-refractivity contribution >= 4 is 40.8 Å². The van der Waals surface area contributed by atoms with E-state index in [0.717, 1.165) is 23.3 Å². The first kappa shape index (κ1) is 27.4. The fourth-order valence-corrected chi connectivity index (χ4v) is 4.06. The van der Waals surface area contributed by atoms with Crippen molar-refractivity contribution in [3.63, 3.8) is 0 Å². The monoisotopic (exact) mass is 529 g/mol. The van der Waals surface area contributed by atoms with Crippen molar-refractivity contribution in [3.05, 3.63) is 70.6 Å². The topological polar surface area (TPSA) is 101 Å². The van der Waals surface area contributed by atoms with Gasteiger partial charge in [-0.1, -0.05) is 61.7 Å². The lowest BCUT2D eigenvalue weighted by Crippen LogP contribution is -2.33. The Kier molecular flexibility index (Phi) is 10.1. The van der Waals surface area contributed by atoms with Crippen LogP contribution in [0, 0.1) is 5.92 Å². The number of carbonyl (C=O) groups is 2. The number of Topliss-reactive ketones (excluding diaryl/α,β-unsaturated/α-hetero) is 1. The number of hydrogen-bond donors (Lipinski definition) is 2. The number of benzene rings is 2. The second-order valence-electron chi connectivity index (χ2n) is 8.55. The first-order valence-electron chi connectivity index (χ1n) is 11.8. The Bertz CT molecular complexity index is 1170. The van der Waals surface area contributed by atoms with Gasteiger partial charge in [-0.15, -0.1) is 0 Å². The highest BCUT2D eigenvalue weighted by molar-refractivity contribution is 6.36. The van der Waals surface area contributed by atoms with Gasteiger partial charge in [-0.05, 0) is 42.2 Å². The van der Waals surface area contributed by atoms with Crippen LogP contribution < -0.4 is 10.1 Å². The molecule has 1 aromatic heterocycles. The average molecular weight is 530 g/mol. The fraction of sp³-hybridized carbons (Fsp3) is 0.333. The number of nitrogens with zero attached hydrogens (tertiary/aromatic N) is 2. The normalized spacial score (nSPS) is 12.6. The first-order valence-corrected chi connectivity index (χ1v) is 12.5. The van der Waals surface area contributed by atoms with E-state index in [1.807, 2.05) is 30.3 Å². The van der Waals surface area contributed by atoms with Crippen LogP contribution in [0.15, 0.2) is 54.9 Å². The minimum Gasteiger partial charge on any atom is -0.491 e. The fourth-order valence-electron chi connectivity index (χ4n) is 3.54. The molecule has 190 valence electrons. The highest BCUT2D eigenvalue weighted by Crippen LogP contribution is 2.31. The Morgan fingerprint density at radius 2 is 1.81 bits per heavy atom. The van der Waals surface area contributed by atoms with Crippen LogP contribution in [-0.4, -0.2) is 39.5 Å². The summed E-state index contributed by atoms with van der Waals surface area (Å²) in [7, 11) is 0. The van der Waals surface area contributed by atoms with Gasteiger partial charge in [0.15, 0.2) is 5.78 Å². The number of ketones is 1. The molecule has 0 aliphatic carbocycles. The van der Waals surface area contributed by atoms with Crippen molar-refractivity contribution in [1.82, 2.24) is 9.97 Å². The minimum absolute atomic E-state index is 0.0354. The number of nitrogens with one attached hydrogen (secondary N) is 1. The molecule has 0 bridgehead atoms. The van der Waals surface area contributed by atoms with Gasteiger partial charge in [0.2, 0.25) is 0 Å². The lowest BCUT2D eigenvalue weighted by molar-refractivity contribution is -0.137. The highest BCUT2D eigenvalue weighted by Gasteiger charge is 2.18. The summed E-state index contributed by atoms with van der Waals surface area (Å²) in [5, 5.41) is 13.2. The molecule has 0 spiro atoms. The molecule has 9 heteroatoms. The van der Waals surface area contributed by atoms with Crippen molar-refractivity contribution in [2.45, 2.75) is 45.6 Å². The summed E-state index contributed by atoms with van der Waals surface area (Å²) >= 11 is 12.3. The van der Waals surface area contributed by atoms with E-state index >= 15 is 0 Å². The van der Waals surface area contributed by atoms with E-state index < -0.39 is 5.97 Å². The van der Waals surface area contributed by atoms with Crippen LogP contribution in [0.3, 0.4) is 0 Å². The molecule has 0 fully saturated rings. The van der Waals surface area contributed by atoms with Gasteiger partial charge in [-0.2, -0.15) is 0 Å². The van der Waals surface area contributed by atoms with Crippen LogP contribution in [0.1, 0.15) is 50.0 Å². The third kappa shape index (κ3) is 7.93. The number of rotatable bonds is 13. The summed E-state index contributed by atoms with van der Waals surface area (Å²) in [5.74, 6) is 0.413. The van der Waals surface area contributed by atoms with Crippen LogP contribution in [0.4, 0.5) is 5.82 Å². The quantitative estimate of drug-likeness (QED) is 0.235. The zero-order chi connectivity index (χ0) is 26.1. The molecule has 0 saturated heterocycles. The smallest absolute Gasteiger partial charge is 0.303 e. The molecule has 2 aromatic carbocycles. The van der Waals surface area contributed by atoms with Crippen LogP contribution in [0.5, 0.6) is 5.75 Å². The molecule has 3 aromatic rings. The van der Waals surface area contributed by atoms with Crippen molar-refractivity contribution in [2.75, 3.05) is 11.9 Å². The SMILES string of the molecule is CC[C@H](C)[C@@H](COc1ccc(-c2ccc(Cl)cc2Cl)cc1)Nc1cnc(C(=O)CCCC(=O)O)cn1. The Labute approximate surface area is 220 Å². The molecule has 0 amide bonds. The van der Waals surface area contributed by atoms with E-state index in [4.69, 9.17) is 33.0 Å². The van der Waals surface area contributed by atoms with Gasteiger partial charge in [-0.3, -0.25) is 9.59 Å². The lowest BCUT2D eigenvalue weighted by Gasteiger charge is -2.25. The van der Waals surface area contributed by atoms with Gasteiger partial charge in [0.25, 0.3) is 0 Å². The van der Waals surface area contributed by atoms with Crippen LogP contribution in [0.2, 0.25) is 10.0 Å². The van der Waals surface area contributed by atoms with Gasteiger partial charge >= 0.3 is 5.97 Å². The molecule has 2 atom stereocenters. The standard InChI is InChI=1S/C27H29Cl2N3O4/c1-3-17(2)24(32-26-15-30-23(14-31-26)25(33)5-4-6-27(34)35)16-36-20-10-7-18(8-11-20)21-12-9-19(28)13-22(21)29/h7-15,17,24H,3-6,16H2,1-2H3,(H,31,32)(H,34,35)/t17-,24+/m0/s1. The lowest BCUT2D eigenvalue weighted by atomic mass is 10.00. The Balaban J connectivity index is 1.60. The van der Waals surface area contributed by atoms with Crippen molar-refractivity contribution < 1.29 is 19.4 Å². The predicted molar refractivity (Wildman–Crippen MR) is 142 cm³/mol. The number of hydrogen-bond acceptors (Lipinski definition) is 6. The number of anilines is 1. The summed E-state index contributed by atoms with van der Waals surface area (Å²) in [5.41, 5.74) is 2.09.